The molecular formula is C16H30Cl2N6O. The molecule has 144 valence electrons. The van der Waals surface area contributed by atoms with Crippen molar-refractivity contribution in [2.45, 2.75) is 37.6 Å². The van der Waals surface area contributed by atoms with Crippen LogP contribution in [0.15, 0.2) is 6.07 Å². The Labute approximate surface area is 161 Å². The molecule has 9 heteroatoms. The summed E-state index contributed by atoms with van der Waals surface area (Å²) in [7, 11) is 0. The molecule has 1 saturated heterocycles. The number of nitrogens with one attached hydrogen (secondary N) is 1. The van der Waals surface area contributed by atoms with Gasteiger partial charge < -0.3 is 26.8 Å². The van der Waals surface area contributed by atoms with E-state index in [4.69, 9.17) is 11.5 Å². The van der Waals surface area contributed by atoms with Crippen LogP contribution in [0.25, 0.3) is 0 Å². The number of nitrogens with two attached hydrogens (primary N) is 2. The highest BCUT2D eigenvalue weighted by atomic mass is 35.5. The number of piperidine rings is 1. The first kappa shape index (κ1) is 22.2. The summed E-state index contributed by atoms with van der Waals surface area (Å²) in [6, 6.07) is 2.31. The number of aliphatic hydroxyl groups excluding tert-OH is 1. The van der Waals surface area contributed by atoms with Crippen molar-refractivity contribution in [3.63, 3.8) is 0 Å². The number of aliphatic hydroxyl groups is 1. The van der Waals surface area contributed by atoms with Crippen LogP contribution in [-0.4, -0.2) is 58.8 Å². The molecule has 25 heavy (non-hydrogen) atoms. The number of halogens is 2. The third-order valence-electron chi connectivity index (χ3n) is 5.06. The van der Waals surface area contributed by atoms with Crippen LogP contribution in [0.1, 0.15) is 37.3 Å². The van der Waals surface area contributed by atoms with Crippen molar-refractivity contribution < 1.29 is 5.11 Å². The van der Waals surface area contributed by atoms with E-state index in [9.17, 15) is 5.11 Å². The summed E-state index contributed by atoms with van der Waals surface area (Å²) in [6.07, 6.45) is 4.14. The molecule has 2 fully saturated rings. The van der Waals surface area contributed by atoms with Gasteiger partial charge in [-0.1, -0.05) is 0 Å². The van der Waals surface area contributed by atoms with E-state index in [1.165, 1.54) is 0 Å². The number of hydrogen-bond donors (Lipinski definition) is 4. The number of aromatic nitrogens is 2. The maximum Gasteiger partial charge on any atom is 0.222 e. The molecule has 0 atom stereocenters. The highest BCUT2D eigenvalue weighted by Gasteiger charge is 2.29. The fourth-order valence-electron chi connectivity index (χ4n) is 3.42. The van der Waals surface area contributed by atoms with E-state index in [-0.39, 0.29) is 24.8 Å². The minimum absolute atomic E-state index is 0. The van der Waals surface area contributed by atoms with Crippen LogP contribution < -0.4 is 16.8 Å². The lowest BCUT2D eigenvalue weighted by Gasteiger charge is -2.32. The van der Waals surface area contributed by atoms with Gasteiger partial charge in [0.05, 0.1) is 5.69 Å². The number of rotatable bonds is 6. The van der Waals surface area contributed by atoms with Gasteiger partial charge in [0.1, 0.15) is 5.82 Å². The SMILES string of the molecule is Cl.Cl.Nc1nc(NCCN2CCC(CO)CC2)cc(C2CC(N)C2)n1. The molecule has 0 spiro atoms. The molecule has 2 heterocycles. The summed E-state index contributed by atoms with van der Waals surface area (Å²) in [5.74, 6) is 2.04. The normalized spacial score (nSPS) is 23.9. The monoisotopic (exact) mass is 392 g/mol. The molecule has 0 amide bonds. The first-order valence-electron chi connectivity index (χ1n) is 8.61. The van der Waals surface area contributed by atoms with Crippen LogP contribution in [0.4, 0.5) is 11.8 Å². The zero-order chi connectivity index (χ0) is 16.2. The van der Waals surface area contributed by atoms with Gasteiger partial charge in [-0.25, -0.2) is 4.98 Å². The first-order valence-corrected chi connectivity index (χ1v) is 8.61. The van der Waals surface area contributed by atoms with Crippen LogP contribution in [0.5, 0.6) is 0 Å². The van der Waals surface area contributed by atoms with Crippen molar-refractivity contribution in [2.24, 2.45) is 11.7 Å². The Hall–Kier alpha value is -0.860. The van der Waals surface area contributed by atoms with Crippen LogP contribution in [0.3, 0.4) is 0 Å². The molecule has 6 N–H and O–H groups in total. The van der Waals surface area contributed by atoms with Gasteiger partial charge in [-0.3, -0.25) is 0 Å². The molecule has 1 aromatic rings. The van der Waals surface area contributed by atoms with Crippen molar-refractivity contribution in [1.82, 2.24) is 14.9 Å². The molecule has 1 aromatic heterocycles. The zero-order valence-corrected chi connectivity index (χ0v) is 16.1. The maximum atomic E-state index is 9.18. The minimum Gasteiger partial charge on any atom is -0.396 e. The van der Waals surface area contributed by atoms with Crippen LogP contribution in [0.2, 0.25) is 0 Å². The highest BCUT2D eigenvalue weighted by molar-refractivity contribution is 5.85. The van der Waals surface area contributed by atoms with Gasteiger partial charge in [-0.15, -0.1) is 24.8 Å². The number of nitrogens with zero attached hydrogens (tertiary/aromatic N) is 3. The van der Waals surface area contributed by atoms with Crippen LogP contribution in [-0.2, 0) is 0 Å². The van der Waals surface area contributed by atoms with Gasteiger partial charge in [0, 0.05) is 37.7 Å². The van der Waals surface area contributed by atoms with Gasteiger partial charge in [0.25, 0.3) is 0 Å². The molecule has 0 unspecified atom stereocenters. The van der Waals surface area contributed by atoms with Gasteiger partial charge >= 0.3 is 0 Å². The third-order valence-corrected chi connectivity index (χ3v) is 5.06. The topological polar surface area (TPSA) is 113 Å². The van der Waals surface area contributed by atoms with E-state index < -0.39 is 0 Å². The molecular weight excluding hydrogens is 363 g/mol. The molecule has 7 nitrogen and oxygen atoms in total. The van der Waals surface area contributed by atoms with Gasteiger partial charge in [-0.05, 0) is 44.7 Å². The van der Waals surface area contributed by atoms with E-state index in [2.05, 4.69) is 20.2 Å². The Kier molecular flexibility index (Phi) is 9.16. The van der Waals surface area contributed by atoms with Crippen molar-refractivity contribution in [2.75, 3.05) is 43.8 Å². The molecule has 3 rings (SSSR count). The lowest BCUT2D eigenvalue weighted by molar-refractivity contribution is 0.134. The third kappa shape index (κ3) is 6.11. The first-order chi connectivity index (χ1) is 11.1. The van der Waals surface area contributed by atoms with Crippen molar-refractivity contribution >= 4 is 36.6 Å². The Morgan fingerprint density at radius 2 is 1.88 bits per heavy atom. The van der Waals surface area contributed by atoms with E-state index in [1.54, 1.807) is 0 Å². The second-order valence-electron chi connectivity index (χ2n) is 6.86. The lowest BCUT2D eigenvalue weighted by atomic mass is 9.78. The predicted octanol–water partition coefficient (Wildman–Crippen LogP) is 1.22. The molecule has 0 bridgehead atoms. The molecule has 1 aliphatic carbocycles. The summed E-state index contributed by atoms with van der Waals surface area (Å²) >= 11 is 0. The van der Waals surface area contributed by atoms with Crippen molar-refractivity contribution in [3.8, 4) is 0 Å². The second-order valence-corrected chi connectivity index (χ2v) is 6.86. The standard InChI is InChI=1S/C16H28N6O.2ClH/c17-13-7-12(8-13)14-9-15(21-16(18)20-14)19-3-6-22-4-1-11(10-23)2-5-22;;/h9,11-13,23H,1-8,10,17H2,(H3,18,19,20,21);2*1H. The summed E-state index contributed by atoms with van der Waals surface area (Å²) in [6.45, 7) is 4.25. The van der Waals surface area contributed by atoms with E-state index in [0.29, 0.717) is 30.4 Å². The number of likely N-dealkylation sites (tertiary alicyclic amines) is 1. The molecule has 0 aromatic carbocycles. The summed E-state index contributed by atoms with van der Waals surface area (Å²) in [5.41, 5.74) is 12.7. The quantitative estimate of drug-likeness (QED) is 0.575. The average Bonchev–Trinajstić information content (AvgIpc) is 2.52. The average molecular weight is 393 g/mol. The van der Waals surface area contributed by atoms with E-state index >= 15 is 0 Å². The van der Waals surface area contributed by atoms with Crippen molar-refractivity contribution in [1.29, 1.82) is 0 Å². The maximum absolute atomic E-state index is 9.18. The molecule has 0 radical (unpaired) electrons. The number of nitrogen functional groups attached to an aromatic ring is 1. The Balaban J connectivity index is 0.00000156. The summed E-state index contributed by atoms with van der Waals surface area (Å²) in [4.78, 5) is 11.0. The fourth-order valence-corrected chi connectivity index (χ4v) is 3.42. The van der Waals surface area contributed by atoms with Crippen LogP contribution in [0, 0.1) is 5.92 Å². The smallest absolute Gasteiger partial charge is 0.222 e. The second kappa shape index (κ2) is 10.3. The molecule has 1 aliphatic heterocycles. The Bertz CT molecular complexity index is 521. The summed E-state index contributed by atoms with van der Waals surface area (Å²) < 4.78 is 0. The lowest BCUT2D eigenvalue weighted by Crippen LogP contribution is -2.37. The molecule has 2 aliphatic rings. The van der Waals surface area contributed by atoms with E-state index in [0.717, 1.165) is 63.4 Å². The van der Waals surface area contributed by atoms with E-state index in [1.807, 2.05) is 6.07 Å². The van der Waals surface area contributed by atoms with Gasteiger partial charge in [0.2, 0.25) is 5.95 Å². The minimum atomic E-state index is 0. The predicted molar refractivity (Wildman–Crippen MR) is 106 cm³/mol. The Morgan fingerprint density at radius 1 is 1.20 bits per heavy atom. The number of anilines is 2. The highest BCUT2D eigenvalue weighted by Crippen LogP contribution is 2.35. The zero-order valence-electron chi connectivity index (χ0n) is 14.4. The van der Waals surface area contributed by atoms with Gasteiger partial charge in [0.15, 0.2) is 0 Å². The van der Waals surface area contributed by atoms with Crippen molar-refractivity contribution in [3.05, 3.63) is 11.8 Å². The van der Waals surface area contributed by atoms with Gasteiger partial charge in [-0.2, -0.15) is 4.98 Å². The Morgan fingerprint density at radius 3 is 2.48 bits per heavy atom. The summed E-state index contributed by atoms with van der Waals surface area (Å²) in [5, 5.41) is 12.5. The number of hydrogen-bond acceptors (Lipinski definition) is 7. The molecule has 1 saturated carbocycles. The largest absolute Gasteiger partial charge is 0.396 e. The van der Waals surface area contributed by atoms with Crippen LogP contribution >= 0.6 is 24.8 Å². The fraction of sp³-hybridized carbons (Fsp3) is 0.750.